The van der Waals surface area contributed by atoms with Gasteiger partial charge < -0.3 is 9.42 Å². The molecule has 1 aliphatic rings. The predicted octanol–water partition coefficient (Wildman–Crippen LogP) is 3.60. The van der Waals surface area contributed by atoms with E-state index in [0.717, 1.165) is 18.5 Å². The Bertz CT molecular complexity index is 955. The van der Waals surface area contributed by atoms with Gasteiger partial charge in [-0.2, -0.15) is 4.98 Å². The van der Waals surface area contributed by atoms with Crippen LogP contribution in [0, 0.1) is 12.7 Å². The average Bonchev–Trinajstić information content (AvgIpc) is 3.18. The van der Waals surface area contributed by atoms with Crippen molar-refractivity contribution in [2.45, 2.75) is 25.7 Å². The van der Waals surface area contributed by atoms with Crippen LogP contribution in [0.4, 0.5) is 4.39 Å². The van der Waals surface area contributed by atoms with Crippen molar-refractivity contribution >= 4 is 5.91 Å². The third-order valence-corrected chi connectivity index (χ3v) is 4.71. The summed E-state index contributed by atoms with van der Waals surface area (Å²) in [6.45, 7) is 3.07. The largest absolute Gasteiger partial charge is 0.339 e. The number of halogens is 1. The SMILES string of the molecule is Cc1cccc(-c2noc([C@H]3CCCN(C(=O)c4ccc(F)cc4)C3)n2)n1. The molecule has 4 rings (SSSR count). The van der Waals surface area contributed by atoms with E-state index >= 15 is 0 Å². The van der Waals surface area contributed by atoms with Crippen molar-refractivity contribution in [3.8, 4) is 11.5 Å². The monoisotopic (exact) mass is 366 g/mol. The standard InChI is InChI=1S/C20H19FN4O2/c1-13-4-2-6-17(22-13)18-23-19(27-24-18)15-5-3-11-25(12-15)20(26)14-7-9-16(21)10-8-14/h2,4,6-10,15H,3,5,11-12H2,1H3/t15-/m0/s1. The second-order valence-corrected chi connectivity index (χ2v) is 6.72. The predicted molar refractivity (Wildman–Crippen MR) is 96.5 cm³/mol. The van der Waals surface area contributed by atoms with E-state index in [1.165, 1.54) is 24.3 Å². The summed E-state index contributed by atoms with van der Waals surface area (Å²) in [5.74, 6) is 0.487. The molecule has 6 nitrogen and oxygen atoms in total. The van der Waals surface area contributed by atoms with Gasteiger partial charge in [-0.1, -0.05) is 11.2 Å². The van der Waals surface area contributed by atoms with E-state index in [4.69, 9.17) is 4.52 Å². The van der Waals surface area contributed by atoms with Gasteiger partial charge in [-0.05, 0) is 56.2 Å². The Morgan fingerprint density at radius 3 is 2.78 bits per heavy atom. The molecule has 0 spiro atoms. The highest BCUT2D eigenvalue weighted by Gasteiger charge is 2.29. The third-order valence-electron chi connectivity index (χ3n) is 4.71. The molecule has 0 N–H and O–H groups in total. The first-order valence-electron chi connectivity index (χ1n) is 8.92. The fourth-order valence-electron chi connectivity index (χ4n) is 3.31. The zero-order chi connectivity index (χ0) is 18.8. The first kappa shape index (κ1) is 17.3. The lowest BCUT2D eigenvalue weighted by Crippen LogP contribution is -2.39. The second kappa shape index (κ2) is 7.26. The van der Waals surface area contributed by atoms with E-state index in [2.05, 4.69) is 15.1 Å². The molecule has 0 unspecified atom stereocenters. The van der Waals surface area contributed by atoms with Gasteiger partial charge in [0.1, 0.15) is 11.5 Å². The normalized spacial score (nSPS) is 17.1. The van der Waals surface area contributed by atoms with Crippen molar-refractivity contribution in [3.05, 3.63) is 65.4 Å². The Kier molecular flexibility index (Phi) is 4.66. The highest BCUT2D eigenvalue weighted by Crippen LogP contribution is 2.28. The lowest BCUT2D eigenvalue weighted by Gasteiger charge is -2.31. The highest BCUT2D eigenvalue weighted by molar-refractivity contribution is 5.94. The second-order valence-electron chi connectivity index (χ2n) is 6.72. The molecule has 1 fully saturated rings. The summed E-state index contributed by atoms with van der Waals surface area (Å²) in [7, 11) is 0. The van der Waals surface area contributed by atoms with Crippen molar-refractivity contribution < 1.29 is 13.7 Å². The minimum absolute atomic E-state index is 0.0193. The summed E-state index contributed by atoms with van der Waals surface area (Å²) in [4.78, 5) is 23.3. The van der Waals surface area contributed by atoms with Crippen LogP contribution in [-0.4, -0.2) is 39.0 Å². The molecule has 0 bridgehead atoms. The number of rotatable bonds is 3. The lowest BCUT2D eigenvalue weighted by molar-refractivity contribution is 0.0695. The van der Waals surface area contributed by atoms with Gasteiger partial charge in [0.25, 0.3) is 5.91 Å². The van der Waals surface area contributed by atoms with Crippen molar-refractivity contribution in [1.82, 2.24) is 20.0 Å². The van der Waals surface area contributed by atoms with Crippen molar-refractivity contribution in [2.75, 3.05) is 13.1 Å². The maximum Gasteiger partial charge on any atom is 0.253 e. The molecule has 3 aromatic rings. The van der Waals surface area contributed by atoms with Gasteiger partial charge in [0.2, 0.25) is 11.7 Å². The van der Waals surface area contributed by atoms with Crippen molar-refractivity contribution in [2.24, 2.45) is 0 Å². The fraction of sp³-hybridized carbons (Fsp3) is 0.300. The van der Waals surface area contributed by atoms with Crippen LogP contribution < -0.4 is 0 Å². The number of pyridine rings is 1. The number of aryl methyl sites for hydroxylation is 1. The number of amides is 1. The van der Waals surface area contributed by atoms with Gasteiger partial charge >= 0.3 is 0 Å². The van der Waals surface area contributed by atoms with Crippen LogP contribution >= 0.6 is 0 Å². The van der Waals surface area contributed by atoms with Crippen molar-refractivity contribution in [3.63, 3.8) is 0 Å². The molecule has 0 radical (unpaired) electrons. The van der Waals surface area contributed by atoms with Gasteiger partial charge in [-0.15, -0.1) is 0 Å². The van der Waals surface area contributed by atoms with E-state index in [1.54, 1.807) is 4.90 Å². The lowest BCUT2D eigenvalue weighted by atomic mass is 9.97. The molecule has 7 heteroatoms. The highest BCUT2D eigenvalue weighted by atomic mass is 19.1. The number of aromatic nitrogens is 3. The Labute approximate surface area is 156 Å². The maximum absolute atomic E-state index is 13.1. The minimum atomic E-state index is -0.355. The molecular formula is C20H19FN4O2. The maximum atomic E-state index is 13.1. The number of benzene rings is 1. The molecule has 3 heterocycles. The number of nitrogens with zero attached hydrogens (tertiary/aromatic N) is 4. The minimum Gasteiger partial charge on any atom is -0.339 e. The molecule has 1 saturated heterocycles. The van der Waals surface area contributed by atoms with Crippen LogP contribution in [0.2, 0.25) is 0 Å². The number of carbonyl (C=O) groups is 1. The molecule has 138 valence electrons. The third kappa shape index (κ3) is 3.72. The first-order valence-corrected chi connectivity index (χ1v) is 8.92. The van der Waals surface area contributed by atoms with Gasteiger partial charge in [0, 0.05) is 24.3 Å². The van der Waals surface area contributed by atoms with Crippen LogP contribution in [0.1, 0.15) is 40.7 Å². The fourth-order valence-corrected chi connectivity index (χ4v) is 3.31. The number of hydrogen-bond donors (Lipinski definition) is 0. The summed E-state index contributed by atoms with van der Waals surface area (Å²) in [6.07, 6.45) is 1.72. The van der Waals surface area contributed by atoms with Crippen LogP contribution in [0.3, 0.4) is 0 Å². The van der Waals surface area contributed by atoms with E-state index in [0.29, 0.717) is 36.1 Å². The Balaban J connectivity index is 1.50. The Hall–Kier alpha value is -3.09. The van der Waals surface area contributed by atoms with Crippen molar-refractivity contribution in [1.29, 1.82) is 0 Å². The van der Waals surface area contributed by atoms with Crippen LogP contribution in [0.5, 0.6) is 0 Å². The Morgan fingerprint density at radius 2 is 2.00 bits per heavy atom. The molecule has 1 aliphatic heterocycles. The summed E-state index contributed by atoms with van der Waals surface area (Å²) in [5.41, 5.74) is 2.03. The molecule has 1 atom stereocenters. The van der Waals surface area contributed by atoms with Gasteiger partial charge in [-0.25, -0.2) is 9.37 Å². The molecular weight excluding hydrogens is 347 g/mol. The zero-order valence-corrected chi connectivity index (χ0v) is 14.9. The number of piperidine rings is 1. The van der Waals surface area contributed by atoms with Crippen LogP contribution in [0.25, 0.3) is 11.5 Å². The first-order chi connectivity index (χ1) is 13.1. The molecule has 1 aromatic carbocycles. The van der Waals surface area contributed by atoms with E-state index < -0.39 is 0 Å². The number of carbonyl (C=O) groups excluding carboxylic acids is 1. The van der Waals surface area contributed by atoms with E-state index in [1.807, 2.05) is 25.1 Å². The average molecular weight is 366 g/mol. The van der Waals surface area contributed by atoms with Crippen LogP contribution in [-0.2, 0) is 0 Å². The van der Waals surface area contributed by atoms with Gasteiger partial charge in [-0.3, -0.25) is 4.79 Å². The molecule has 1 amide bonds. The summed E-state index contributed by atoms with van der Waals surface area (Å²) >= 11 is 0. The number of likely N-dealkylation sites (tertiary alicyclic amines) is 1. The molecule has 0 saturated carbocycles. The van der Waals surface area contributed by atoms with Gasteiger partial charge in [0.15, 0.2) is 0 Å². The molecule has 27 heavy (non-hydrogen) atoms. The summed E-state index contributed by atoms with van der Waals surface area (Å²) in [5, 5.41) is 4.05. The Morgan fingerprint density at radius 1 is 1.19 bits per heavy atom. The number of hydrogen-bond acceptors (Lipinski definition) is 5. The summed E-state index contributed by atoms with van der Waals surface area (Å²) in [6, 6.07) is 11.3. The summed E-state index contributed by atoms with van der Waals surface area (Å²) < 4.78 is 18.5. The topological polar surface area (TPSA) is 72.1 Å². The van der Waals surface area contributed by atoms with E-state index in [9.17, 15) is 9.18 Å². The quantitative estimate of drug-likeness (QED) is 0.708. The molecule has 2 aromatic heterocycles. The smallest absolute Gasteiger partial charge is 0.253 e. The zero-order valence-electron chi connectivity index (χ0n) is 14.9. The van der Waals surface area contributed by atoms with Crippen LogP contribution in [0.15, 0.2) is 47.0 Å². The van der Waals surface area contributed by atoms with Gasteiger partial charge in [0.05, 0.1) is 5.92 Å². The van der Waals surface area contributed by atoms with E-state index in [-0.39, 0.29) is 17.6 Å². The molecule has 0 aliphatic carbocycles.